The van der Waals surface area contributed by atoms with Crippen molar-refractivity contribution in [2.45, 2.75) is 32.7 Å². The van der Waals surface area contributed by atoms with E-state index in [1.54, 1.807) is 6.92 Å². The third-order valence-electron chi connectivity index (χ3n) is 3.54. The highest BCUT2D eigenvalue weighted by atomic mass is 19.2. The van der Waals surface area contributed by atoms with Crippen LogP contribution in [0.25, 0.3) is 0 Å². The Morgan fingerprint density at radius 2 is 1.52 bits per heavy atom. The Morgan fingerprint density at radius 3 is 2.09 bits per heavy atom. The second kappa shape index (κ2) is 7.22. The van der Waals surface area contributed by atoms with Gasteiger partial charge < -0.3 is 10.6 Å². The van der Waals surface area contributed by atoms with Crippen molar-refractivity contribution in [1.29, 1.82) is 0 Å². The summed E-state index contributed by atoms with van der Waals surface area (Å²) < 4.78 is 26.0. The van der Waals surface area contributed by atoms with Crippen molar-refractivity contribution in [1.82, 2.24) is 0 Å². The normalized spacial score (nSPS) is 12.1. The topological polar surface area (TPSA) is 41.1 Å². The summed E-state index contributed by atoms with van der Waals surface area (Å²) in [6, 6.07) is 10.6. The number of halogens is 2. The minimum Gasteiger partial charge on any atom is -0.374 e. The first kappa shape index (κ1) is 16.9. The molecule has 0 radical (unpaired) electrons. The molecule has 2 rings (SSSR count). The van der Waals surface area contributed by atoms with Crippen molar-refractivity contribution < 1.29 is 13.6 Å². The SMILES string of the molecule is CC(Nc1ccc(C(C)C)cc1)C(=O)Nc1ccc(F)c(F)c1. The van der Waals surface area contributed by atoms with Crippen LogP contribution in [-0.2, 0) is 4.79 Å². The molecule has 0 aliphatic carbocycles. The lowest BCUT2D eigenvalue weighted by atomic mass is 10.0. The molecule has 0 aliphatic rings. The lowest BCUT2D eigenvalue weighted by Gasteiger charge is -2.16. The highest BCUT2D eigenvalue weighted by Gasteiger charge is 2.14. The first-order valence-corrected chi connectivity index (χ1v) is 7.49. The highest BCUT2D eigenvalue weighted by Crippen LogP contribution is 2.18. The van der Waals surface area contributed by atoms with Crippen LogP contribution in [0.4, 0.5) is 20.2 Å². The lowest BCUT2D eigenvalue weighted by Crippen LogP contribution is -2.31. The molecule has 1 amide bonds. The fraction of sp³-hybridized carbons (Fsp3) is 0.278. The lowest BCUT2D eigenvalue weighted by molar-refractivity contribution is -0.116. The molecule has 0 spiro atoms. The smallest absolute Gasteiger partial charge is 0.246 e. The standard InChI is InChI=1S/C18H20F2N2O/c1-11(2)13-4-6-14(7-5-13)21-12(3)18(23)22-15-8-9-16(19)17(20)10-15/h4-12,21H,1-3H3,(H,22,23). The summed E-state index contributed by atoms with van der Waals surface area (Å²) in [5, 5.41) is 5.63. The van der Waals surface area contributed by atoms with Crippen LogP contribution in [0.15, 0.2) is 42.5 Å². The molecular formula is C18H20F2N2O. The fourth-order valence-electron chi connectivity index (χ4n) is 2.10. The van der Waals surface area contributed by atoms with Crippen LogP contribution in [-0.4, -0.2) is 11.9 Å². The first-order chi connectivity index (χ1) is 10.9. The van der Waals surface area contributed by atoms with Crippen LogP contribution in [0.5, 0.6) is 0 Å². The van der Waals surface area contributed by atoms with E-state index in [1.807, 2.05) is 24.3 Å². The maximum atomic E-state index is 13.1. The average Bonchev–Trinajstić information content (AvgIpc) is 2.51. The van der Waals surface area contributed by atoms with Gasteiger partial charge in [0.25, 0.3) is 0 Å². The van der Waals surface area contributed by atoms with Gasteiger partial charge in [0, 0.05) is 17.4 Å². The van der Waals surface area contributed by atoms with Crippen molar-refractivity contribution >= 4 is 17.3 Å². The molecule has 0 bridgehead atoms. The molecule has 1 atom stereocenters. The zero-order valence-corrected chi connectivity index (χ0v) is 13.4. The number of rotatable bonds is 5. The van der Waals surface area contributed by atoms with Crippen LogP contribution in [0.3, 0.4) is 0 Å². The van der Waals surface area contributed by atoms with E-state index in [4.69, 9.17) is 0 Å². The van der Waals surface area contributed by atoms with E-state index in [0.29, 0.717) is 5.92 Å². The Hall–Kier alpha value is -2.43. The van der Waals surface area contributed by atoms with Gasteiger partial charge in [-0.3, -0.25) is 4.79 Å². The number of amides is 1. The molecular weight excluding hydrogens is 298 g/mol. The van der Waals surface area contributed by atoms with Crippen LogP contribution in [0.2, 0.25) is 0 Å². The average molecular weight is 318 g/mol. The van der Waals surface area contributed by atoms with Crippen LogP contribution in [0, 0.1) is 11.6 Å². The van der Waals surface area contributed by atoms with Gasteiger partial charge in [-0.2, -0.15) is 0 Å². The minimum absolute atomic E-state index is 0.220. The second-order valence-corrected chi connectivity index (χ2v) is 5.76. The maximum absolute atomic E-state index is 13.1. The Balaban J connectivity index is 1.97. The molecule has 0 fully saturated rings. The Labute approximate surface area is 134 Å². The van der Waals surface area contributed by atoms with Gasteiger partial charge in [0.1, 0.15) is 6.04 Å². The van der Waals surface area contributed by atoms with Gasteiger partial charge in [-0.05, 0) is 42.7 Å². The van der Waals surface area contributed by atoms with Crippen molar-refractivity contribution in [2.24, 2.45) is 0 Å². The maximum Gasteiger partial charge on any atom is 0.246 e. The van der Waals surface area contributed by atoms with Gasteiger partial charge in [-0.1, -0.05) is 26.0 Å². The largest absolute Gasteiger partial charge is 0.374 e. The molecule has 0 aliphatic heterocycles. The zero-order valence-electron chi connectivity index (χ0n) is 13.4. The summed E-state index contributed by atoms with van der Waals surface area (Å²) in [6.07, 6.45) is 0. The summed E-state index contributed by atoms with van der Waals surface area (Å²) >= 11 is 0. The van der Waals surface area contributed by atoms with Crippen LogP contribution in [0.1, 0.15) is 32.3 Å². The number of carbonyl (C=O) groups is 1. The number of hydrogen-bond donors (Lipinski definition) is 2. The monoisotopic (exact) mass is 318 g/mol. The van der Waals surface area contributed by atoms with Gasteiger partial charge in [0.2, 0.25) is 5.91 Å². The first-order valence-electron chi connectivity index (χ1n) is 7.49. The molecule has 2 aromatic carbocycles. The van der Waals surface area contributed by atoms with Crippen molar-refractivity contribution in [3.8, 4) is 0 Å². The Morgan fingerprint density at radius 1 is 0.913 bits per heavy atom. The van der Waals surface area contributed by atoms with Crippen LogP contribution >= 0.6 is 0 Å². The molecule has 2 N–H and O–H groups in total. The molecule has 23 heavy (non-hydrogen) atoms. The van der Waals surface area contributed by atoms with Gasteiger partial charge in [-0.25, -0.2) is 8.78 Å². The quantitative estimate of drug-likeness (QED) is 0.850. The Bertz CT molecular complexity index is 684. The summed E-state index contributed by atoms with van der Waals surface area (Å²) in [6.45, 7) is 5.92. The second-order valence-electron chi connectivity index (χ2n) is 5.76. The van der Waals surface area contributed by atoms with Gasteiger partial charge in [-0.15, -0.1) is 0 Å². The van der Waals surface area contributed by atoms with Crippen molar-refractivity contribution in [3.05, 3.63) is 59.7 Å². The van der Waals surface area contributed by atoms with Gasteiger partial charge in [0.15, 0.2) is 11.6 Å². The number of carbonyl (C=O) groups excluding carboxylic acids is 1. The summed E-state index contributed by atoms with van der Waals surface area (Å²) in [5.41, 5.74) is 2.26. The molecule has 122 valence electrons. The van der Waals surface area contributed by atoms with Crippen LogP contribution < -0.4 is 10.6 Å². The number of benzene rings is 2. The molecule has 0 saturated heterocycles. The molecule has 2 aromatic rings. The number of anilines is 2. The van der Waals surface area contributed by atoms with E-state index in [2.05, 4.69) is 24.5 Å². The third-order valence-corrected chi connectivity index (χ3v) is 3.54. The fourth-order valence-corrected chi connectivity index (χ4v) is 2.10. The Kier molecular flexibility index (Phi) is 5.32. The van der Waals surface area contributed by atoms with E-state index in [9.17, 15) is 13.6 Å². The zero-order chi connectivity index (χ0) is 17.0. The van der Waals surface area contributed by atoms with Gasteiger partial charge >= 0.3 is 0 Å². The van der Waals surface area contributed by atoms with E-state index < -0.39 is 17.7 Å². The summed E-state index contributed by atoms with van der Waals surface area (Å²) in [4.78, 5) is 12.1. The van der Waals surface area contributed by atoms with E-state index in [1.165, 1.54) is 11.6 Å². The molecule has 0 saturated carbocycles. The van der Waals surface area contributed by atoms with Gasteiger partial charge in [0.05, 0.1) is 0 Å². The minimum atomic E-state index is -0.993. The third kappa shape index (κ3) is 4.52. The van der Waals surface area contributed by atoms with E-state index in [0.717, 1.165) is 17.8 Å². The molecule has 0 aromatic heterocycles. The number of nitrogens with one attached hydrogen (secondary N) is 2. The van der Waals surface area contributed by atoms with Crippen molar-refractivity contribution in [2.75, 3.05) is 10.6 Å². The molecule has 0 heterocycles. The van der Waals surface area contributed by atoms with E-state index >= 15 is 0 Å². The molecule has 3 nitrogen and oxygen atoms in total. The highest BCUT2D eigenvalue weighted by molar-refractivity contribution is 5.96. The number of hydrogen-bond acceptors (Lipinski definition) is 2. The molecule has 1 unspecified atom stereocenters. The summed E-state index contributed by atoms with van der Waals surface area (Å²) in [7, 11) is 0. The van der Waals surface area contributed by atoms with Crippen molar-refractivity contribution in [3.63, 3.8) is 0 Å². The predicted molar refractivity (Wildman–Crippen MR) is 88.6 cm³/mol. The summed E-state index contributed by atoms with van der Waals surface area (Å²) in [5.74, 6) is -1.82. The van der Waals surface area contributed by atoms with E-state index in [-0.39, 0.29) is 11.6 Å². The molecule has 5 heteroatoms. The predicted octanol–water partition coefficient (Wildman–Crippen LogP) is 4.53.